The number of hydrogen-bond acceptors (Lipinski definition) is 7. The van der Waals surface area contributed by atoms with E-state index in [0.717, 1.165) is 24.4 Å². The number of methoxy groups -OCH3 is 2. The molecule has 0 N–H and O–H groups in total. The van der Waals surface area contributed by atoms with Gasteiger partial charge < -0.3 is 14.0 Å². The first-order chi connectivity index (χ1) is 14.1. The molecule has 8 heteroatoms. The summed E-state index contributed by atoms with van der Waals surface area (Å²) in [5.41, 5.74) is 1.47. The number of hydrogen-bond donors (Lipinski definition) is 0. The summed E-state index contributed by atoms with van der Waals surface area (Å²) in [5, 5.41) is 9.06. The van der Waals surface area contributed by atoms with Crippen LogP contribution in [0.4, 0.5) is 0 Å². The molecule has 0 fully saturated rings. The second kappa shape index (κ2) is 9.56. The summed E-state index contributed by atoms with van der Waals surface area (Å²) in [4.78, 5) is 17.1. The van der Waals surface area contributed by atoms with Crippen molar-refractivity contribution in [2.75, 3.05) is 14.2 Å². The summed E-state index contributed by atoms with van der Waals surface area (Å²) in [7, 11) is 3.12. The van der Waals surface area contributed by atoms with E-state index < -0.39 is 0 Å². The molecular weight excluding hydrogens is 388 g/mol. The largest absolute Gasteiger partial charge is 0.497 e. The van der Waals surface area contributed by atoms with Crippen LogP contribution in [0.2, 0.25) is 0 Å². The molecule has 0 saturated heterocycles. The predicted octanol–water partition coefficient (Wildman–Crippen LogP) is 4.13. The van der Waals surface area contributed by atoms with Gasteiger partial charge in [-0.15, -0.1) is 10.2 Å². The number of benzene rings is 1. The highest BCUT2D eigenvalue weighted by Gasteiger charge is 2.24. The average molecular weight is 413 g/mol. The third-order valence-corrected chi connectivity index (χ3v) is 5.51. The molecule has 0 aliphatic rings. The van der Waals surface area contributed by atoms with Crippen LogP contribution in [-0.4, -0.2) is 45.0 Å². The first kappa shape index (κ1) is 20.9. The lowest BCUT2D eigenvalue weighted by molar-refractivity contribution is 0.0991. The minimum atomic E-state index is -0.359. The van der Waals surface area contributed by atoms with E-state index in [1.54, 1.807) is 44.8 Å². The molecule has 3 rings (SSSR count). The van der Waals surface area contributed by atoms with E-state index >= 15 is 0 Å². The van der Waals surface area contributed by atoms with Gasteiger partial charge in [0, 0.05) is 30.6 Å². The van der Waals surface area contributed by atoms with Crippen LogP contribution >= 0.6 is 11.8 Å². The van der Waals surface area contributed by atoms with Crippen LogP contribution in [0.3, 0.4) is 0 Å². The number of ketones is 1. The Morgan fingerprint density at radius 2 is 1.90 bits per heavy atom. The van der Waals surface area contributed by atoms with Crippen LogP contribution in [0.1, 0.15) is 30.6 Å². The van der Waals surface area contributed by atoms with Gasteiger partial charge in [0.1, 0.15) is 11.5 Å². The molecule has 0 saturated carbocycles. The molecule has 0 amide bonds. The summed E-state index contributed by atoms with van der Waals surface area (Å²) >= 11 is 1.40. The molecule has 3 aromatic rings. The van der Waals surface area contributed by atoms with E-state index in [4.69, 9.17) is 9.47 Å². The number of aromatic nitrogens is 4. The number of carbonyl (C=O) groups excluding carboxylic acids is 1. The van der Waals surface area contributed by atoms with Gasteiger partial charge >= 0.3 is 0 Å². The van der Waals surface area contributed by atoms with E-state index in [1.807, 2.05) is 19.1 Å². The van der Waals surface area contributed by atoms with Crippen molar-refractivity contribution in [3.05, 3.63) is 48.3 Å². The molecule has 0 aliphatic carbocycles. The van der Waals surface area contributed by atoms with Crippen molar-refractivity contribution in [1.29, 1.82) is 0 Å². The van der Waals surface area contributed by atoms with Crippen LogP contribution in [0.15, 0.2) is 47.9 Å². The summed E-state index contributed by atoms with van der Waals surface area (Å²) in [6.45, 7) is 4.73. The van der Waals surface area contributed by atoms with Crippen LogP contribution < -0.4 is 9.47 Å². The highest BCUT2D eigenvalue weighted by molar-refractivity contribution is 8.00. The first-order valence-electron chi connectivity index (χ1n) is 9.35. The lowest BCUT2D eigenvalue weighted by atomic mass is 10.1. The molecule has 0 unspecified atom stereocenters. The quantitative estimate of drug-likeness (QED) is 0.386. The Balaban J connectivity index is 1.86. The van der Waals surface area contributed by atoms with Gasteiger partial charge in [-0.1, -0.05) is 18.7 Å². The zero-order valence-electron chi connectivity index (χ0n) is 17.0. The maximum absolute atomic E-state index is 13.1. The van der Waals surface area contributed by atoms with Crippen molar-refractivity contribution < 1.29 is 14.3 Å². The van der Waals surface area contributed by atoms with E-state index in [0.29, 0.717) is 22.2 Å². The number of pyridine rings is 1. The minimum Gasteiger partial charge on any atom is -0.497 e. The zero-order valence-corrected chi connectivity index (χ0v) is 17.8. The highest BCUT2D eigenvalue weighted by Crippen LogP contribution is 2.32. The van der Waals surface area contributed by atoms with Crippen molar-refractivity contribution >= 4 is 17.5 Å². The van der Waals surface area contributed by atoms with Crippen molar-refractivity contribution in [3.63, 3.8) is 0 Å². The van der Waals surface area contributed by atoms with Crippen LogP contribution in [0, 0.1) is 0 Å². The van der Waals surface area contributed by atoms with Gasteiger partial charge in [-0.05, 0) is 37.6 Å². The molecule has 0 radical (unpaired) electrons. The average Bonchev–Trinajstić information content (AvgIpc) is 3.15. The highest BCUT2D eigenvalue weighted by atomic mass is 32.2. The maximum atomic E-state index is 13.1. The fourth-order valence-electron chi connectivity index (χ4n) is 2.95. The van der Waals surface area contributed by atoms with Crippen molar-refractivity contribution in [2.24, 2.45) is 0 Å². The van der Waals surface area contributed by atoms with Gasteiger partial charge in [-0.25, -0.2) is 0 Å². The topological polar surface area (TPSA) is 79.1 Å². The van der Waals surface area contributed by atoms with Crippen molar-refractivity contribution in [1.82, 2.24) is 19.7 Å². The molecule has 29 heavy (non-hydrogen) atoms. The number of ether oxygens (including phenoxy) is 2. The standard InChI is InChI=1S/C21H24N4O3S/c1-5-12-25-20(15-8-10-22-11-9-15)23-24-21(25)29-14(2)19(26)17-7-6-16(27-3)13-18(17)28-4/h6-11,13-14H,5,12H2,1-4H3/t14-/m1/s1. The fraction of sp³-hybridized carbons (Fsp3) is 0.333. The normalized spacial score (nSPS) is 11.9. The molecule has 1 atom stereocenters. The molecule has 0 aliphatic heterocycles. The van der Waals surface area contributed by atoms with Gasteiger partial charge in [-0.3, -0.25) is 9.78 Å². The Morgan fingerprint density at radius 3 is 2.55 bits per heavy atom. The molecular formula is C21H24N4O3S. The molecule has 2 aromatic heterocycles. The van der Waals surface area contributed by atoms with Gasteiger partial charge in [0.25, 0.3) is 0 Å². The van der Waals surface area contributed by atoms with E-state index in [9.17, 15) is 4.79 Å². The predicted molar refractivity (Wildman–Crippen MR) is 113 cm³/mol. The van der Waals surface area contributed by atoms with Gasteiger partial charge in [0.05, 0.1) is 25.0 Å². The van der Waals surface area contributed by atoms with Crippen molar-refractivity contribution in [3.8, 4) is 22.9 Å². The smallest absolute Gasteiger partial charge is 0.192 e. The number of nitrogens with zero attached hydrogens (tertiary/aromatic N) is 4. The third-order valence-electron chi connectivity index (χ3n) is 4.43. The number of Topliss-reactive ketones (excluding diaryl/α,β-unsaturated/α-hetero) is 1. The monoisotopic (exact) mass is 412 g/mol. The Kier molecular flexibility index (Phi) is 6.87. The second-order valence-corrected chi connectivity index (χ2v) is 7.69. The van der Waals surface area contributed by atoms with Gasteiger partial charge in [-0.2, -0.15) is 0 Å². The third kappa shape index (κ3) is 4.59. The Morgan fingerprint density at radius 1 is 1.14 bits per heavy atom. The minimum absolute atomic E-state index is 0.0361. The first-order valence-corrected chi connectivity index (χ1v) is 10.2. The maximum Gasteiger partial charge on any atom is 0.192 e. The van der Waals surface area contributed by atoms with Crippen LogP contribution in [0.25, 0.3) is 11.4 Å². The van der Waals surface area contributed by atoms with Crippen LogP contribution in [0.5, 0.6) is 11.5 Å². The number of carbonyl (C=O) groups is 1. The molecule has 7 nitrogen and oxygen atoms in total. The summed E-state index contributed by atoms with van der Waals surface area (Å²) in [6.07, 6.45) is 4.39. The SMILES string of the molecule is CCCn1c(S[C@H](C)C(=O)c2ccc(OC)cc2OC)nnc1-c1ccncc1. The van der Waals surface area contributed by atoms with Crippen LogP contribution in [-0.2, 0) is 6.54 Å². The number of rotatable bonds is 9. The Labute approximate surface area is 174 Å². The zero-order chi connectivity index (χ0) is 20.8. The molecule has 2 heterocycles. The van der Waals surface area contributed by atoms with Gasteiger partial charge in [0.15, 0.2) is 16.8 Å². The Bertz CT molecular complexity index is 975. The van der Waals surface area contributed by atoms with E-state index in [2.05, 4.69) is 26.7 Å². The molecule has 1 aromatic carbocycles. The van der Waals surface area contributed by atoms with E-state index in [1.165, 1.54) is 11.8 Å². The van der Waals surface area contributed by atoms with Gasteiger partial charge in [0.2, 0.25) is 0 Å². The molecule has 0 bridgehead atoms. The summed E-state index contributed by atoms with van der Waals surface area (Å²) < 4.78 is 12.6. The van der Waals surface area contributed by atoms with Crippen molar-refractivity contribution in [2.45, 2.75) is 37.2 Å². The fourth-order valence-corrected chi connectivity index (χ4v) is 3.89. The van der Waals surface area contributed by atoms with E-state index in [-0.39, 0.29) is 11.0 Å². The summed E-state index contributed by atoms with van der Waals surface area (Å²) in [5.74, 6) is 1.88. The summed E-state index contributed by atoms with van der Waals surface area (Å²) in [6, 6.07) is 9.01. The Hall–Kier alpha value is -2.87. The second-order valence-electron chi connectivity index (χ2n) is 6.38. The lowest BCUT2D eigenvalue weighted by Gasteiger charge is -2.14. The molecule has 152 valence electrons. The molecule has 0 spiro atoms. The lowest BCUT2D eigenvalue weighted by Crippen LogP contribution is -2.16. The number of thioether (sulfide) groups is 1.